The van der Waals surface area contributed by atoms with E-state index in [1.54, 1.807) is 0 Å². The molecule has 1 aliphatic heterocycles. The van der Waals surface area contributed by atoms with E-state index in [9.17, 15) is 4.79 Å². The summed E-state index contributed by atoms with van der Waals surface area (Å²) in [5.41, 5.74) is 1.68. The molecule has 1 fully saturated rings. The molecular weight excluding hydrogens is 240 g/mol. The van der Waals surface area contributed by atoms with Gasteiger partial charge in [-0.3, -0.25) is 0 Å². The molecule has 0 atom stereocenters. The molecule has 0 unspecified atom stereocenters. The molecular formula is C15H22N2O2. The Hall–Kier alpha value is -1.55. The fourth-order valence-electron chi connectivity index (χ4n) is 2.31. The minimum absolute atomic E-state index is 0.256. The number of carbonyl (C=O) groups is 1. The molecule has 0 spiro atoms. The van der Waals surface area contributed by atoms with Gasteiger partial charge in [0, 0.05) is 11.7 Å². The van der Waals surface area contributed by atoms with Crippen molar-refractivity contribution in [2.24, 2.45) is 0 Å². The van der Waals surface area contributed by atoms with Crippen molar-refractivity contribution < 1.29 is 9.53 Å². The molecule has 0 aliphatic carbocycles. The lowest BCUT2D eigenvalue weighted by Gasteiger charge is -2.30. The monoisotopic (exact) mass is 262 g/mol. The summed E-state index contributed by atoms with van der Waals surface area (Å²) in [4.78, 5) is 13.9. The second-order valence-electron chi connectivity index (χ2n) is 5.02. The van der Waals surface area contributed by atoms with E-state index in [4.69, 9.17) is 4.74 Å². The molecule has 1 heterocycles. The van der Waals surface area contributed by atoms with E-state index < -0.39 is 0 Å². The molecule has 1 N–H and O–H groups in total. The molecule has 0 bridgehead atoms. The summed E-state index contributed by atoms with van der Waals surface area (Å²) in [6.07, 6.45) is 2.33. The van der Waals surface area contributed by atoms with Gasteiger partial charge in [-0.05, 0) is 64.2 Å². The lowest BCUT2D eigenvalue weighted by atomic mass is 10.1. The number of esters is 1. The Bertz CT molecular complexity index is 409. The Morgan fingerprint density at radius 1 is 1.32 bits per heavy atom. The zero-order valence-electron chi connectivity index (χ0n) is 11.7. The lowest BCUT2D eigenvalue weighted by molar-refractivity contribution is 0.0526. The third kappa shape index (κ3) is 3.96. The van der Waals surface area contributed by atoms with E-state index in [2.05, 4.69) is 17.3 Å². The van der Waals surface area contributed by atoms with Crippen LogP contribution < -0.4 is 5.32 Å². The molecule has 1 aromatic rings. The Labute approximate surface area is 114 Å². The zero-order chi connectivity index (χ0) is 13.7. The van der Waals surface area contributed by atoms with Crippen LogP contribution in [0.15, 0.2) is 24.3 Å². The summed E-state index contributed by atoms with van der Waals surface area (Å²) in [5.74, 6) is -0.256. The van der Waals surface area contributed by atoms with Crippen molar-refractivity contribution in [3.63, 3.8) is 0 Å². The molecule has 1 aliphatic rings. The van der Waals surface area contributed by atoms with Crippen LogP contribution in [0.25, 0.3) is 0 Å². The minimum Gasteiger partial charge on any atom is -0.462 e. The van der Waals surface area contributed by atoms with E-state index in [1.807, 2.05) is 31.2 Å². The van der Waals surface area contributed by atoms with Gasteiger partial charge >= 0.3 is 5.97 Å². The molecule has 0 saturated carbocycles. The lowest BCUT2D eigenvalue weighted by Crippen LogP contribution is -2.36. The van der Waals surface area contributed by atoms with E-state index >= 15 is 0 Å². The van der Waals surface area contributed by atoms with Gasteiger partial charge in [0.2, 0.25) is 0 Å². The summed E-state index contributed by atoms with van der Waals surface area (Å²) in [6, 6.07) is 8.06. The third-order valence-electron chi connectivity index (χ3n) is 3.49. The molecule has 19 heavy (non-hydrogen) atoms. The first-order valence-corrected chi connectivity index (χ1v) is 6.91. The second-order valence-corrected chi connectivity index (χ2v) is 5.02. The zero-order valence-corrected chi connectivity index (χ0v) is 11.7. The van der Waals surface area contributed by atoms with Crippen LogP contribution in [-0.2, 0) is 4.74 Å². The van der Waals surface area contributed by atoms with Gasteiger partial charge in [-0.2, -0.15) is 0 Å². The van der Waals surface area contributed by atoms with Crippen molar-refractivity contribution in [1.82, 2.24) is 4.90 Å². The molecule has 1 saturated heterocycles. The number of anilines is 1. The Balaban J connectivity index is 1.90. The SMILES string of the molecule is CCOC(=O)c1ccc(NC2CCN(C)CC2)cc1. The third-order valence-corrected chi connectivity index (χ3v) is 3.49. The van der Waals surface area contributed by atoms with Gasteiger partial charge in [-0.25, -0.2) is 4.79 Å². The Morgan fingerprint density at radius 2 is 1.95 bits per heavy atom. The molecule has 0 radical (unpaired) electrons. The largest absolute Gasteiger partial charge is 0.462 e. The number of piperidine rings is 1. The van der Waals surface area contributed by atoms with Crippen molar-refractivity contribution in [3.05, 3.63) is 29.8 Å². The van der Waals surface area contributed by atoms with Gasteiger partial charge in [0.25, 0.3) is 0 Å². The highest BCUT2D eigenvalue weighted by atomic mass is 16.5. The normalized spacial score (nSPS) is 17.2. The Kier molecular flexibility index (Phi) is 4.80. The van der Waals surface area contributed by atoms with E-state index in [0.29, 0.717) is 18.2 Å². The van der Waals surface area contributed by atoms with Crippen LogP contribution in [0.2, 0.25) is 0 Å². The molecule has 2 rings (SSSR count). The standard InChI is InChI=1S/C15H22N2O2/c1-3-19-15(18)12-4-6-13(7-5-12)16-14-8-10-17(2)11-9-14/h4-7,14,16H,3,8-11H2,1-2H3. The predicted octanol–water partition coefficient (Wildman–Crippen LogP) is 2.37. The number of benzene rings is 1. The van der Waals surface area contributed by atoms with E-state index in [1.165, 1.54) is 0 Å². The first kappa shape index (κ1) is 13.9. The number of likely N-dealkylation sites (tertiary alicyclic amines) is 1. The van der Waals surface area contributed by atoms with Gasteiger partial charge < -0.3 is 15.0 Å². The highest BCUT2D eigenvalue weighted by Crippen LogP contribution is 2.16. The van der Waals surface area contributed by atoms with Crippen molar-refractivity contribution in [2.45, 2.75) is 25.8 Å². The second kappa shape index (κ2) is 6.57. The smallest absolute Gasteiger partial charge is 0.338 e. The topological polar surface area (TPSA) is 41.6 Å². The van der Waals surface area contributed by atoms with Crippen LogP contribution in [0, 0.1) is 0 Å². The van der Waals surface area contributed by atoms with E-state index in [0.717, 1.165) is 31.6 Å². The first-order chi connectivity index (χ1) is 9.19. The predicted molar refractivity (Wildman–Crippen MR) is 76.5 cm³/mol. The van der Waals surface area contributed by atoms with Gasteiger partial charge in [0.05, 0.1) is 12.2 Å². The van der Waals surface area contributed by atoms with Crippen LogP contribution in [0.1, 0.15) is 30.1 Å². The van der Waals surface area contributed by atoms with Crippen molar-refractivity contribution in [3.8, 4) is 0 Å². The number of ether oxygens (including phenoxy) is 1. The van der Waals surface area contributed by atoms with Gasteiger partial charge in [-0.1, -0.05) is 0 Å². The molecule has 0 aromatic heterocycles. The highest BCUT2D eigenvalue weighted by molar-refractivity contribution is 5.89. The summed E-state index contributed by atoms with van der Waals surface area (Å²) in [6.45, 7) is 4.50. The summed E-state index contributed by atoms with van der Waals surface area (Å²) < 4.78 is 4.96. The Morgan fingerprint density at radius 3 is 2.53 bits per heavy atom. The fraction of sp³-hybridized carbons (Fsp3) is 0.533. The quantitative estimate of drug-likeness (QED) is 0.846. The maximum atomic E-state index is 11.5. The molecule has 4 heteroatoms. The molecule has 104 valence electrons. The number of hydrogen-bond acceptors (Lipinski definition) is 4. The number of hydrogen-bond donors (Lipinski definition) is 1. The maximum absolute atomic E-state index is 11.5. The fourth-order valence-corrected chi connectivity index (χ4v) is 2.31. The van der Waals surface area contributed by atoms with Crippen LogP contribution >= 0.6 is 0 Å². The maximum Gasteiger partial charge on any atom is 0.338 e. The number of nitrogens with zero attached hydrogens (tertiary/aromatic N) is 1. The van der Waals surface area contributed by atoms with Gasteiger partial charge in [0.15, 0.2) is 0 Å². The minimum atomic E-state index is -0.256. The van der Waals surface area contributed by atoms with Crippen molar-refractivity contribution in [1.29, 1.82) is 0 Å². The van der Waals surface area contributed by atoms with Gasteiger partial charge in [-0.15, -0.1) is 0 Å². The van der Waals surface area contributed by atoms with Crippen molar-refractivity contribution in [2.75, 3.05) is 32.1 Å². The number of rotatable bonds is 4. The van der Waals surface area contributed by atoms with Crippen molar-refractivity contribution >= 4 is 11.7 Å². The van der Waals surface area contributed by atoms with Crippen LogP contribution in [-0.4, -0.2) is 43.7 Å². The summed E-state index contributed by atoms with van der Waals surface area (Å²) in [7, 11) is 2.16. The van der Waals surface area contributed by atoms with Crippen LogP contribution in [0.3, 0.4) is 0 Å². The highest BCUT2D eigenvalue weighted by Gasteiger charge is 2.16. The summed E-state index contributed by atoms with van der Waals surface area (Å²) >= 11 is 0. The first-order valence-electron chi connectivity index (χ1n) is 6.91. The van der Waals surface area contributed by atoms with E-state index in [-0.39, 0.29) is 5.97 Å². The van der Waals surface area contributed by atoms with Gasteiger partial charge in [0.1, 0.15) is 0 Å². The summed E-state index contributed by atoms with van der Waals surface area (Å²) in [5, 5.41) is 3.52. The average molecular weight is 262 g/mol. The molecule has 1 aromatic carbocycles. The van der Waals surface area contributed by atoms with Crippen LogP contribution in [0.4, 0.5) is 5.69 Å². The number of carbonyl (C=O) groups excluding carboxylic acids is 1. The molecule has 4 nitrogen and oxygen atoms in total. The van der Waals surface area contributed by atoms with Crippen LogP contribution in [0.5, 0.6) is 0 Å². The molecule has 0 amide bonds. The average Bonchev–Trinajstić information content (AvgIpc) is 2.42. The number of nitrogens with one attached hydrogen (secondary N) is 1.